The van der Waals surface area contributed by atoms with Gasteiger partial charge in [0.25, 0.3) is 0 Å². The van der Waals surface area contributed by atoms with Gasteiger partial charge in [0.15, 0.2) is 0 Å². The standard InChI is InChI=1S/C16H19NO4/c1-20-16(19)15-13(7-9-21-15)11-17-14-6-2-4-12(10-14)5-3-8-18/h2,4,6-7,9-10,17-18H,3,5,8,11H2,1H3. The van der Waals surface area contributed by atoms with Crippen LogP contribution in [0.4, 0.5) is 5.69 Å². The summed E-state index contributed by atoms with van der Waals surface area (Å²) in [6.07, 6.45) is 3.06. The number of rotatable bonds is 7. The van der Waals surface area contributed by atoms with Crippen molar-refractivity contribution in [3.63, 3.8) is 0 Å². The number of aryl methyl sites for hydroxylation is 1. The summed E-state index contributed by atoms with van der Waals surface area (Å²) in [6, 6.07) is 9.73. The molecule has 0 bridgehead atoms. The van der Waals surface area contributed by atoms with Crippen LogP contribution in [0.5, 0.6) is 0 Å². The fourth-order valence-electron chi connectivity index (χ4n) is 2.06. The molecule has 0 atom stereocenters. The van der Waals surface area contributed by atoms with Gasteiger partial charge in [-0.25, -0.2) is 4.79 Å². The lowest BCUT2D eigenvalue weighted by Crippen LogP contribution is -2.07. The Balaban J connectivity index is 2.00. The maximum atomic E-state index is 11.5. The summed E-state index contributed by atoms with van der Waals surface area (Å²) in [5, 5.41) is 12.1. The first-order valence-electron chi connectivity index (χ1n) is 6.83. The molecule has 5 nitrogen and oxygen atoms in total. The van der Waals surface area contributed by atoms with Crippen molar-refractivity contribution in [3.8, 4) is 0 Å². The Morgan fingerprint density at radius 1 is 1.38 bits per heavy atom. The van der Waals surface area contributed by atoms with Crippen molar-refractivity contribution in [3.05, 3.63) is 53.5 Å². The molecule has 2 N–H and O–H groups in total. The SMILES string of the molecule is COC(=O)c1occc1CNc1cccc(CCCO)c1. The molecule has 0 aliphatic rings. The number of hydrogen-bond donors (Lipinski definition) is 2. The van der Waals surface area contributed by atoms with E-state index >= 15 is 0 Å². The average Bonchev–Trinajstić information content (AvgIpc) is 2.99. The Kier molecular flexibility index (Phi) is 5.40. The second-order valence-corrected chi connectivity index (χ2v) is 4.65. The highest BCUT2D eigenvalue weighted by Crippen LogP contribution is 2.16. The van der Waals surface area contributed by atoms with Gasteiger partial charge in [0.2, 0.25) is 5.76 Å². The molecule has 0 saturated heterocycles. The van der Waals surface area contributed by atoms with Crippen molar-refractivity contribution in [1.29, 1.82) is 0 Å². The Morgan fingerprint density at radius 2 is 2.24 bits per heavy atom. The minimum Gasteiger partial charge on any atom is -0.463 e. The van der Waals surface area contributed by atoms with Crippen molar-refractivity contribution in [2.45, 2.75) is 19.4 Å². The van der Waals surface area contributed by atoms with Gasteiger partial charge in [0, 0.05) is 24.4 Å². The minimum absolute atomic E-state index is 0.190. The maximum absolute atomic E-state index is 11.5. The van der Waals surface area contributed by atoms with Crippen LogP contribution in [0.2, 0.25) is 0 Å². The topological polar surface area (TPSA) is 71.7 Å². The number of furan rings is 1. The summed E-state index contributed by atoms with van der Waals surface area (Å²) < 4.78 is 9.81. The molecule has 0 saturated carbocycles. The summed E-state index contributed by atoms with van der Waals surface area (Å²) in [7, 11) is 1.33. The van der Waals surface area contributed by atoms with Crippen LogP contribution in [0.3, 0.4) is 0 Å². The lowest BCUT2D eigenvalue weighted by Gasteiger charge is -2.08. The zero-order chi connectivity index (χ0) is 15.1. The van der Waals surface area contributed by atoms with E-state index in [4.69, 9.17) is 9.52 Å². The van der Waals surface area contributed by atoms with Crippen molar-refractivity contribution in [2.75, 3.05) is 19.0 Å². The monoisotopic (exact) mass is 289 g/mol. The molecule has 21 heavy (non-hydrogen) atoms. The number of benzene rings is 1. The molecule has 112 valence electrons. The molecule has 0 spiro atoms. The number of esters is 1. The Bertz CT molecular complexity index is 591. The molecule has 1 heterocycles. The van der Waals surface area contributed by atoms with E-state index in [0.717, 1.165) is 29.7 Å². The zero-order valence-corrected chi connectivity index (χ0v) is 12.0. The Morgan fingerprint density at radius 3 is 3.00 bits per heavy atom. The number of nitrogens with one attached hydrogen (secondary N) is 1. The van der Waals surface area contributed by atoms with Gasteiger partial charge in [-0.15, -0.1) is 0 Å². The first kappa shape index (κ1) is 15.1. The van der Waals surface area contributed by atoms with Crippen LogP contribution in [0, 0.1) is 0 Å². The summed E-state index contributed by atoms with van der Waals surface area (Å²) >= 11 is 0. The quantitative estimate of drug-likeness (QED) is 0.767. The first-order chi connectivity index (χ1) is 10.2. The maximum Gasteiger partial charge on any atom is 0.374 e. The second-order valence-electron chi connectivity index (χ2n) is 4.65. The molecular formula is C16H19NO4. The van der Waals surface area contributed by atoms with E-state index in [1.807, 2.05) is 24.3 Å². The van der Waals surface area contributed by atoms with Crippen molar-refractivity contribution in [2.24, 2.45) is 0 Å². The van der Waals surface area contributed by atoms with Gasteiger partial charge < -0.3 is 19.6 Å². The lowest BCUT2D eigenvalue weighted by atomic mass is 10.1. The van der Waals surface area contributed by atoms with E-state index in [1.54, 1.807) is 6.07 Å². The number of hydrogen-bond acceptors (Lipinski definition) is 5. The van der Waals surface area contributed by atoms with Crippen molar-refractivity contribution in [1.82, 2.24) is 0 Å². The van der Waals surface area contributed by atoms with Crippen LogP contribution < -0.4 is 5.32 Å². The molecule has 5 heteroatoms. The predicted molar refractivity (Wildman–Crippen MR) is 79.2 cm³/mol. The third-order valence-corrected chi connectivity index (χ3v) is 3.15. The fourth-order valence-corrected chi connectivity index (χ4v) is 2.06. The highest BCUT2D eigenvalue weighted by molar-refractivity contribution is 5.87. The number of carbonyl (C=O) groups excluding carboxylic acids is 1. The van der Waals surface area contributed by atoms with Gasteiger partial charge in [0.1, 0.15) is 0 Å². The molecule has 1 aromatic carbocycles. The molecule has 0 aliphatic heterocycles. The van der Waals surface area contributed by atoms with Crippen molar-refractivity contribution >= 4 is 11.7 Å². The van der Waals surface area contributed by atoms with E-state index in [2.05, 4.69) is 10.1 Å². The molecule has 2 aromatic rings. The van der Waals surface area contributed by atoms with Gasteiger partial charge in [-0.2, -0.15) is 0 Å². The Hall–Kier alpha value is -2.27. The predicted octanol–water partition coefficient (Wildman–Crippen LogP) is 2.60. The zero-order valence-electron chi connectivity index (χ0n) is 12.0. The van der Waals surface area contributed by atoms with Gasteiger partial charge >= 0.3 is 5.97 Å². The van der Waals surface area contributed by atoms with E-state index < -0.39 is 5.97 Å². The van der Waals surface area contributed by atoms with Gasteiger partial charge in [-0.1, -0.05) is 12.1 Å². The normalized spacial score (nSPS) is 10.4. The van der Waals surface area contributed by atoms with Crippen molar-refractivity contribution < 1.29 is 19.1 Å². The van der Waals surface area contributed by atoms with Gasteiger partial charge in [-0.3, -0.25) is 0 Å². The number of methoxy groups -OCH3 is 1. The summed E-state index contributed by atoms with van der Waals surface area (Å²) in [6.45, 7) is 0.666. The molecule has 2 rings (SSSR count). The van der Waals surface area contributed by atoms with Crippen LogP contribution in [-0.2, 0) is 17.7 Å². The fraction of sp³-hybridized carbons (Fsp3) is 0.312. The summed E-state index contributed by atoms with van der Waals surface area (Å²) in [4.78, 5) is 11.5. The van der Waals surface area contributed by atoms with Crippen LogP contribution >= 0.6 is 0 Å². The van der Waals surface area contributed by atoms with E-state index in [9.17, 15) is 4.79 Å². The number of aliphatic hydroxyl groups is 1. The minimum atomic E-state index is -0.478. The first-order valence-corrected chi connectivity index (χ1v) is 6.83. The van der Waals surface area contributed by atoms with E-state index in [1.165, 1.54) is 13.4 Å². The highest BCUT2D eigenvalue weighted by atomic mass is 16.5. The van der Waals surface area contributed by atoms with E-state index in [-0.39, 0.29) is 12.4 Å². The number of carbonyl (C=O) groups is 1. The van der Waals surface area contributed by atoms with Crippen LogP contribution in [0.25, 0.3) is 0 Å². The largest absolute Gasteiger partial charge is 0.463 e. The third-order valence-electron chi connectivity index (χ3n) is 3.15. The second kappa shape index (κ2) is 7.50. The summed E-state index contributed by atoms with van der Waals surface area (Å²) in [5.41, 5.74) is 2.87. The molecule has 0 aliphatic carbocycles. The lowest BCUT2D eigenvalue weighted by molar-refractivity contribution is 0.0563. The number of ether oxygens (including phenoxy) is 1. The molecular weight excluding hydrogens is 270 g/mol. The van der Waals surface area contributed by atoms with E-state index in [0.29, 0.717) is 6.54 Å². The van der Waals surface area contributed by atoms with Crippen LogP contribution in [-0.4, -0.2) is 24.8 Å². The highest BCUT2D eigenvalue weighted by Gasteiger charge is 2.15. The molecule has 0 unspecified atom stereocenters. The average molecular weight is 289 g/mol. The molecule has 0 fully saturated rings. The number of anilines is 1. The Labute approximate surface area is 123 Å². The van der Waals surface area contributed by atoms with Crippen LogP contribution in [0.15, 0.2) is 41.0 Å². The summed E-state index contributed by atoms with van der Waals surface area (Å²) in [5.74, 6) is -0.255. The number of aliphatic hydroxyl groups excluding tert-OH is 1. The van der Waals surface area contributed by atoms with Gasteiger partial charge in [0.05, 0.1) is 13.4 Å². The third kappa shape index (κ3) is 4.10. The smallest absolute Gasteiger partial charge is 0.374 e. The van der Waals surface area contributed by atoms with Crippen LogP contribution in [0.1, 0.15) is 28.1 Å². The molecule has 0 radical (unpaired) electrons. The van der Waals surface area contributed by atoms with Gasteiger partial charge in [-0.05, 0) is 36.6 Å². The molecule has 1 aromatic heterocycles. The molecule has 0 amide bonds.